The summed E-state index contributed by atoms with van der Waals surface area (Å²) >= 11 is 0. The molecule has 0 radical (unpaired) electrons. The Morgan fingerprint density at radius 3 is 1.76 bits per heavy atom. The molecule has 34 heavy (non-hydrogen) atoms. The van der Waals surface area contributed by atoms with Crippen LogP contribution in [0.1, 0.15) is 5.69 Å². The number of nitrogens with zero attached hydrogens (tertiary/aromatic N) is 2. The number of halogens is 3. The van der Waals surface area contributed by atoms with Crippen LogP contribution in [0.15, 0.2) is 89.8 Å². The fraction of sp³-hybridized carbons (Fsp3) is 0.160. The molecule has 0 amide bonds. The molecule has 1 N–H and O–H groups in total. The molecule has 4 aromatic rings. The lowest BCUT2D eigenvalue weighted by Gasteiger charge is -2.12. The lowest BCUT2D eigenvalue weighted by Crippen LogP contribution is -2.08. The first-order chi connectivity index (χ1) is 16.1. The van der Waals surface area contributed by atoms with Gasteiger partial charge in [0.15, 0.2) is 15.5 Å². The van der Waals surface area contributed by atoms with Crippen molar-refractivity contribution in [3.8, 4) is 28.1 Å². The fourth-order valence-corrected chi connectivity index (χ4v) is 4.01. The molecule has 4 rings (SSSR count). The molecule has 5 nitrogen and oxygen atoms in total. The highest BCUT2D eigenvalue weighted by atomic mass is 32.2. The summed E-state index contributed by atoms with van der Waals surface area (Å²) < 4.78 is 67.0. The van der Waals surface area contributed by atoms with E-state index in [0.717, 1.165) is 6.26 Å². The highest BCUT2D eigenvalue weighted by Gasteiger charge is 2.40. The molecule has 178 valence electrons. The molecule has 0 aliphatic heterocycles. The van der Waals surface area contributed by atoms with Gasteiger partial charge >= 0.3 is 6.18 Å². The van der Waals surface area contributed by atoms with E-state index in [4.69, 9.17) is 0 Å². The van der Waals surface area contributed by atoms with E-state index in [1.54, 1.807) is 60.7 Å². The van der Waals surface area contributed by atoms with Gasteiger partial charge in [-0.15, -0.1) is 0 Å². The van der Waals surface area contributed by atoms with Crippen molar-refractivity contribution < 1.29 is 21.6 Å². The van der Waals surface area contributed by atoms with Crippen LogP contribution >= 0.6 is 0 Å². The molecule has 0 atom stereocenters. The molecule has 0 saturated heterocycles. The third-order valence-corrected chi connectivity index (χ3v) is 5.90. The molecule has 1 aromatic heterocycles. The van der Waals surface area contributed by atoms with Crippen LogP contribution in [0.25, 0.3) is 28.1 Å². The molecule has 0 fully saturated rings. The minimum Gasteiger partial charge on any atom is -0.323 e. The van der Waals surface area contributed by atoms with Crippen molar-refractivity contribution in [2.45, 2.75) is 11.1 Å². The predicted molar refractivity (Wildman–Crippen MR) is 128 cm³/mol. The second kappa shape index (κ2) is 10.2. The van der Waals surface area contributed by atoms with Gasteiger partial charge in [0.05, 0.1) is 16.3 Å². The second-order valence-corrected chi connectivity index (χ2v) is 9.50. The zero-order valence-corrected chi connectivity index (χ0v) is 19.7. The fourth-order valence-electron chi connectivity index (χ4n) is 3.38. The zero-order chi connectivity index (χ0) is 24.9. The Morgan fingerprint density at radius 1 is 0.794 bits per heavy atom. The van der Waals surface area contributed by atoms with E-state index < -0.39 is 21.7 Å². The first-order valence-electron chi connectivity index (χ1n) is 10.3. The van der Waals surface area contributed by atoms with E-state index in [1.165, 1.54) is 28.9 Å². The van der Waals surface area contributed by atoms with Crippen LogP contribution in [0.3, 0.4) is 0 Å². The lowest BCUT2D eigenvalue weighted by molar-refractivity contribution is -0.140. The molecule has 0 unspecified atom stereocenters. The summed E-state index contributed by atoms with van der Waals surface area (Å²) in [6.45, 7) is 0. The molecule has 0 aliphatic carbocycles. The van der Waals surface area contributed by atoms with Gasteiger partial charge in [0, 0.05) is 17.4 Å². The van der Waals surface area contributed by atoms with Crippen LogP contribution in [0.5, 0.6) is 0 Å². The van der Waals surface area contributed by atoms with Crippen LogP contribution in [0.4, 0.5) is 13.2 Å². The first-order valence-corrected chi connectivity index (χ1v) is 12.2. The summed E-state index contributed by atoms with van der Waals surface area (Å²) in [4.78, 5) is 0.0827. The van der Waals surface area contributed by atoms with Gasteiger partial charge in [0.2, 0.25) is 0 Å². The molecule has 1 heterocycles. The van der Waals surface area contributed by atoms with Gasteiger partial charge in [0.25, 0.3) is 0 Å². The quantitative estimate of drug-likeness (QED) is 0.415. The lowest BCUT2D eigenvalue weighted by atomic mass is 9.98. The van der Waals surface area contributed by atoms with E-state index in [2.05, 4.69) is 10.4 Å². The second-order valence-electron chi connectivity index (χ2n) is 7.48. The third-order valence-electron chi connectivity index (χ3n) is 4.77. The van der Waals surface area contributed by atoms with Gasteiger partial charge in [-0.2, -0.15) is 18.3 Å². The van der Waals surface area contributed by atoms with E-state index >= 15 is 0 Å². The third kappa shape index (κ3) is 5.55. The number of nitrogens with one attached hydrogen (secondary N) is 1. The normalized spacial score (nSPS) is 11.6. The minimum atomic E-state index is -4.69. The monoisotopic (exact) mass is 487 g/mol. The van der Waals surface area contributed by atoms with Crippen LogP contribution in [-0.2, 0) is 16.0 Å². The highest BCUT2D eigenvalue weighted by molar-refractivity contribution is 7.90. The highest BCUT2D eigenvalue weighted by Crippen LogP contribution is 2.43. The molecule has 9 heteroatoms. The summed E-state index contributed by atoms with van der Waals surface area (Å²) in [5.41, 5.74) is 0.383. The van der Waals surface area contributed by atoms with Gasteiger partial charge < -0.3 is 5.32 Å². The van der Waals surface area contributed by atoms with Gasteiger partial charge in [-0.25, -0.2) is 13.1 Å². The van der Waals surface area contributed by atoms with Crippen LogP contribution in [-0.4, -0.2) is 38.5 Å². The number of para-hydroxylation sites is 1. The Balaban J connectivity index is 0.00000103. The van der Waals surface area contributed by atoms with Crippen molar-refractivity contribution in [1.29, 1.82) is 0 Å². The average Bonchev–Trinajstić information content (AvgIpc) is 3.22. The Kier molecular flexibility index (Phi) is 7.58. The SMILES string of the molecule is CNC.CS(=O)(=O)c1ccc(-c2c(-c3ccccc3)c(C(F)(F)F)nn2-c2ccccc2)cc1. The Morgan fingerprint density at radius 2 is 1.29 bits per heavy atom. The van der Waals surface area contributed by atoms with Crippen molar-refractivity contribution >= 4 is 9.84 Å². The standard InChI is InChI=1S/C23H17F3N2O2S.C2H7N/c1-31(29,30)19-14-12-17(13-15-19)21-20(16-8-4-2-5-9-16)22(23(24,25)26)27-28(21)18-10-6-3-7-11-18;1-3-2/h2-15H,1H3;3H,1-2H3. The van der Waals surface area contributed by atoms with E-state index in [9.17, 15) is 21.6 Å². The topological polar surface area (TPSA) is 64.0 Å². The number of rotatable bonds is 4. The van der Waals surface area contributed by atoms with E-state index in [1.807, 2.05) is 14.1 Å². The van der Waals surface area contributed by atoms with Crippen LogP contribution in [0.2, 0.25) is 0 Å². The molecular weight excluding hydrogens is 463 g/mol. The predicted octanol–water partition coefficient (Wildman–Crippen LogP) is 5.46. The maximum Gasteiger partial charge on any atom is 0.435 e. The largest absolute Gasteiger partial charge is 0.435 e. The van der Waals surface area contributed by atoms with Gasteiger partial charge in [-0.1, -0.05) is 60.7 Å². The number of sulfone groups is 1. The smallest absolute Gasteiger partial charge is 0.323 e. The van der Waals surface area contributed by atoms with Crippen molar-refractivity contribution in [3.63, 3.8) is 0 Å². The van der Waals surface area contributed by atoms with Crippen molar-refractivity contribution in [1.82, 2.24) is 15.1 Å². The number of benzene rings is 3. The summed E-state index contributed by atoms with van der Waals surface area (Å²) in [6.07, 6.45) is -3.61. The maximum atomic E-state index is 14.0. The molecule has 0 aliphatic rings. The Hall–Kier alpha value is -3.43. The van der Waals surface area contributed by atoms with Crippen molar-refractivity contribution in [2.24, 2.45) is 0 Å². The zero-order valence-electron chi connectivity index (χ0n) is 18.8. The van der Waals surface area contributed by atoms with Crippen molar-refractivity contribution in [3.05, 3.63) is 90.6 Å². The molecule has 0 saturated carbocycles. The molecule has 0 spiro atoms. The Bertz CT molecular complexity index is 1330. The van der Waals surface area contributed by atoms with E-state index in [-0.39, 0.29) is 16.2 Å². The Labute approximate surface area is 196 Å². The van der Waals surface area contributed by atoms with Gasteiger partial charge in [0.1, 0.15) is 0 Å². The van der Waals surface area contributed by atoms with Gasteiger partial charge in [-0.3, -0.25) is 0 Å². The van der Waals surface area contributed by atoms with E-state index in [0.29, 0.717) is 16.8 Å². The first kappa shape index (κ1) is 25.2. The molecule has 0 bridgehead atoms. The summed E-state index contributed by atoms with van der Waals surface area (Å²) in [7, 11) is 0.303. The number of alkyl halides is 3. The average molecular weight is 488 g/mol. The summed E-state index contributed by atoms with van der Waals surface area (Å²) in [5.74, 6) is 0. The maximum absolute atomic E-state index is 14.0. The minimum absolute atomic E-state index is 0.0657. The summed E-state index contributed by atoms with van der Waals surface area (Å²) in [6, 6.07) is 22.5. The number of hydrogen-bond donors (Lipinski definition) is 1. The van der Waals surface area contributed by atoms with Crippen LogP contribution in [0, 0.1) is 0 Å². The summed E-state index contributed by atoms with van der Waals surface area (Å²) in [5, 5.41) is 6.70. The molecular formula is C25H24F3N3O2S. The van der Waals surface area contributed by atoms with Crippen LogP contribution < -0.4 is 5.32 Å². The molecule has 3 aromatic carbocycles. The number of hydrogen-bond acceptors (Lipinski definition) is 4. The van der Waals surface area contributed by atoms with Gasteiger partial charge in [-0.05, 0) is 43.9 Å². The number of aromatic nitrogens is 2. The van der Waals surface area contributed by atoms with Crippen molar-refractivity contribution in [2.75, 3.05) is 20.4 Å².